The second-order valence-corrected chi connectivity index (χ2v) is 6.92. The van der Waals surface area contributed by atoms with Crippen LogP contribution in [0.25, 0.3) is 0 Å². The van der Waals surface area contributed by atoms with E-state index >= 15 is 0 Å². The molecule has 1 aromatic heterocycles. The molecule has 0 spiro atoms. The van der Waals surface area contributed by atoms with Gasteiger partial charge in [0.05, 0.1) is 0 Å². The molecular weight excluding hydrogens is 316 g/mol. The molecule has 2 atom stereocenters. The summed E-state index contributed by atoms with van der Waals surface area (Å²) in [5.41, 5.74) is 1.33. The highest BCUT2D eigenvalue weighted by Crippen LogP contribution is 2.23. The molecule has 0 saturated carbocycles. The number of aromatic nitrogens is 1. The first-order valence-electron chi connectivity index (χ1n) is 8.76. The third kappa shape index (κ3) is 4.39. The second kappa shape index (κ2) is 7.70. The van der Waals surface area contributed by atoms with Crippen LogP contribution in [-0.2, 0) is 6.54 Å². The minimum absolute atomic E-state index is 0.137. The number of urea groups is 1. The SMILES string of the molecule is Cc1cc(NC(=O)N(C)[C@@H]2CCN(Cc3ccccc3)C[C@H]2C)no1. The van der Waals surface area contributed by atoms with Crippen molar-refractivity contribution in [1.29, 1.82) is 0 Å². The second-order valence-electron chi connectivity index (χ2n) is 6.92. The number of nitrogens with zero attached hydrogens (tertiary/aromatic N) is 3. The fraction of sp³-hybridized carbons (Fsp3) is 0.474. The number of hydrogen-bond donors (Lipinski definition) is 1. The Morgan fingerprint density at radius 1 is 1.40 bits per heavy atom. The van der Waals surface area contributed by atoms with Crippen molar-refractivity contribution in [3.05, 3.63) is 47.7 Å². The van der Waals surface area contributed by atoms with Crippen molar-refractivity contribution in [2.75, 3.05) is 25.5 Å². The molecule has 2 heterocycles. The Hall–Kier alpha value is -2.34. The number of carbonyl (C=O) groups is 1. The minimum Gasteiger partial charge on any atom is -0.360 e. The molecule has 2 amide bonds. The van der Waals surface area contributed by atoms with Crippen LogP contribution in [0.15, 0.2) is 40.9 Å². The van der Waals surface area contributed by atoms with Crippen molar-refractivity contribution in [2.24, 2.45) is 5.92 Å². The first-order chi connectivity index (χ1) is 12.0. The summed E-state index contributed by atoms with van der Waals surface area (Å²) in [6.07, 6.45) is 0.968. The summed E-state index contributed by atoms with van der Waals surface area (Å²) in [5, 5.41) is 6.62. The summed E-state index contributed by atoms with van der Waals surface area (Å²) in [7, 11) is 1.86. The maximum atomic E-state index is 12.5. The van der Waals surface area contributed by atoms with Gasteiger partial charge in [0.1, 0.15) is 5.76 Å². The molecule has 1 aromatic carbocycles. The molecule has 1 N–H and O–H groups in total. The van der Waals surface area contributed by atoms with E-state index in [1.807, 2.05) is 13.1 Å². The van der Waals surface area contributed by atoms with Crippen molar-refractivity contribution in [3.8, 4) is 0 Å². The lowest BCUT2D eigenvalue weighted by Crippen LogP contribution is -2.51. The molecule has 1 aliphatic heterocycles. The summed E-state index contributed by atoms with van der Waals surface area (Å²) in [4.78, 5) is 16.7. The average Bonchev–Trinajstić information content (AvgIpc) is 3.00. The predicted molar refractivity (Wildman–Crippen MR) is 97.3 cm³/mol. The zero-order valence-corrected chi connectivity index (χ0v) is 15.1. The van der Waals surface area contributed by atoms with Crippen LogP contribution in [0, 0.1) is 12.8 Å². The number of hydrogen-bond acceptors (Lipinski definition) is 4. The lowest BCUT2D eigenvalue weighted by molar-refractivity contribution is 0.0933. The average molecular weight is 342 g/mol. The Morgan fingerprint density at radius 2 is 2.16 bits per heavy atom. The van der Waals surface area contributed by atoms with Gasteiger partial charge in [-0.25, -0.2) is 4.79 Å². The van der Waals surface area contributed by atoms with E-state index in [0.29, 0.717) is 17.5 Å². The van der Waals surface area contributed by atoms with Gasteiger partial charge in [0.25, 0.3) is 0 Å². The highest BCUT2D eigenvalue weighted by molar-refractivity contribution is 5.88. The van der Waals surface area contributed by atoms with Crippen LogP contribution < -0.4 is 5.32 Å². The zero-order chi connectivity index (χ0) is 17.8. The third-order valence-electron chi connectivity index (χ3n) is 4.87. The number of nitrogens with one attached hydrogen (secondary N) is 1. The van der Waals surface area contributed by atoms with Gasteiger partial charge < -0.3 is 9.42 Å². The Labute approximate surface area is 148 Å². The molecule has 0 unspecified atom stereocenters. The van der Waals surface area contributed by atoms with E-state index in [0.717, 1.165) is 26.1 Å². The smallest absolute Gasteiger partial charge is 0.323 e. The van der Waals surface area contributed by atoms with Crippen LogP contribution in [0.3, 0.4) is 0 Å². The fourth-order valence-corrected chi connectivity index (χ4v) is 3.55. The van der Waals surface area contributed by atoms with Gasteiger partial charge in [-0.15, -0.1) is 0 Å². The molecule has 6 nitrogen and oxygen atoms in total. The molecule has 0 aliphatic carbocycles. The molecule has 134 valence electrons. The lowest BCUT2D eigenvalue weighted by atomic mass is 9.92. The van der Waals surface area contributed by atoms with Gasteiger partial charge in [-0.2, -0.15) is 0 Å². The summed E-state index contributed by atoms with van der Waals surface area (Å²) >= 11 is 0. The summed E-state index contributed by atoms with van der Waals surface area (Å²) < 4.78 is 4.99. The number of rotatable bonds is 4. The zero-order valence-electron chi connectivity index (χ0n) is 15.1. The van der Waals surface area contributed by atoms with E-state index in [-0.39, 0.29) is 12.1 Å². The largest absolute Gasteiger partial charge is 0.360 e. The Kier molecular flexibility index (Phi) is 5.38. The van der Waals surface area contributed by atoms with Crippen LogP contribution in [-0.4, -0.2) is 47.2 Å². The van der Waals surface area contributed by atoms with Crippen molar-refractivity contribution in [3.63, 3.8) is 0 Å². The molecule has 25 heavy (non-hydrogen) atoms. The standard InChI is InChI=1S/C19H26N4O2/c1-14-12-23(13-16-7-5-4-6-8-16)10-9-17(14)22(3)19(24)20-18-11-15(2)25-21-18/h4-8,11,14,17H,9-10,12-13H2,1-3H3,(H,20,21,24)/t14-,17-/m1/s1. The number of benzene rings is 1. The normalized spacial score (nSPS) is 21.1. The maximum absolute atomic E-state index is 12.5. The molecule has 3 rings (SSSR count). The molecule has 2 aromatic rings. The first-order valence-corrected chi connectivity index (χ1v) is 8.76. The van der Waals surface area contributed by atoms with E-state index in [1.54, 1.807) is 17.9 Å². The van der Waals surface area contributed by atoms with Crippen molar-refractivity contribution in [2.45, 2.75) is 32.9 Å². The molecule has 6 heteroatoms. The van der Waals surface area contributed by atoms with E-state index in [4.69, 9.17) is 4.52 Å². The number of anilines is 1. The Balaban J connectivity index is 1.54. The quantitative estimate of drug-likeness (QED) is 0.925. The maximum Gasteiger partial charge on any atom is 0.323 e. The van der Waals surface area contributed by atoms with Gasteiger partial charge in [0.15, 0.2) is 5.82 Å². The highest BCUT2D eigenvalue weighted by Gasteiger charge is 2.31. The van der Waals surface area contributed by atoms with Gasteiger partial charge in [-0.1, -0.05) is 42.4 Å². The van der Waals surface area contributed by atoms with Gasteiger partial charge in [0, 0.05) is 38.8 Å². The molecule has 0 radical (unpaired) electrons. The molecule has 1 fully saturated rings. The van der Waals surface area contributed by atoms with Crippen LogP contribution in [0.1, 0.15) is 24.7 Å². The van der Waals surface area contributed by atoms with E-state index in [9.17, 15) is 4.79 Å². The lowest BCUT2D eigenvalue weighted by Gasteiger charge is -2.41. The van der Waals surface area contributed by atoms with Crippen molar-refractivity contribution >= 4 is 11.8 Å². The van der Waals surface area contributed by atoms with Gasteiger partial charge in [-0.3, -0.25) is 10.2 Å². The number of piperidine rings is 1. The Morgan fingerprint density at radius 3 is 2.80 bits per heavy atom. The number of aryl methyl sites for hydroxylation is 1. The third-order valence-corrected chi connectivity index (χ3v) is 4.87. The topological polar surface area (TPSA) is 61.6 Å². The van der Waals surface area contributed by atoms with Gasteiger partial charge in [0.2, 0.25) is 0 Å². The number of amides is 2. The van der Waals surface area contributed by atoms with Crippen LogP contribution in [0.5, 0.6) is 0 Å². The minimum atomic E-state index is -0.137. The fourth-order valence-electron chi connectivity index (χ4n) is 3.55. The number of likely N-dealkylation sites (tertiary alicyclic amines) is 1. The van der Waals surface area contributed by atoms with E-state index in [2.05, 4.69) is 46.6 Å². The van der Waals surface area contributed by atoms with Crippen molar-refractivity contribution in [1.82, 2.24) is 15.0 Å². The molecule has 1 saturated heterocycles. The number of carbonyl (C=O) groups excluding carboxylic acids is 1. The molecular formula is C19H26N4O2. The molecule has 0 bridgehead atoms. The van der Waals surface area contributed by atoms with E-state index in [1.165, 1.54) is 5.56 Å². The summed E-state index contributed by atoms with van der Waals surface area (Å²) in [6.45, 7) is 6.96. The van der Waals surface area contributed by atoms with Crippen molar-refractivity contribution < 1.29 is 9.32 Å². The van der Waals surface area contributed by atoms with E-state index < -0.39 is 0 Å². The Bertz CT molecular complexity index is 700. The summed E-state index contributed by atoms with van der Waals surface area (Å²) in [5.74, 6) is 1.55. The monoisotopic (exact) mass is 342 g/mol. The van der Waals surface area contributed by atoms with Crippen LogP contribution in [0.2, 0.25) is 0 Å². The van der Waals surface area contributed by atoms with Gasteiger partial charge in [-0.05, 0) is 24.8 Å². The predicted octanol–water partition coefficient (Wildman–Crippen LogP) is 3.36. The van der Waals surface area contributed by atoms with Gasteiger partial charge >= 0.3 is 6.03 Å². The highest BCUT2D eigenvalue weighted by atomic mass is 16.5. The van der Waals surface area contributed by atoms with Crippen LogP contribution in [0.4, 0.5) is 10.6 Å². The van der Waals surface area contributed by atoms with Crippen LogP contribution >= 0.6 is 0 Å². The molecule has 1 aliphatic rings. The summed E-state index contributed by atoms with van der Waals surface area (Å²) in [6, 6.07) is 12.3. The first kappa shape index (κ1) is 17.5.